The summed E-state index contributed by atoms with van der Waals surface area (Å²) >= 11 is 0. The van der Waals surface area contributed by atoms with Crippen molar-refractivity contribution in [2.24, 2.45) is 0 Å². The number of amides is 1. The van der Waals surface area contributed by atoms with Crippen LogP contribution in [0.25, 0.3) is 0 Å². The van der Waals surface area contributed by atoms with Crippen LogP contribution in [0.1, 0.15) is 18.2 Å². The number of hydrogen-bond donors (Lipinski definition) is 1. The van der Waals surface area contributed by atoms with E-state index in [9.17, 15) is 4.79 Å². The lowest BCUT2D eigenvalue weighted by Gasteiger charge is -2.08. The molecule has 0 aliphatic heterocycles. The van der Waals surface area contributed by atoms with Crippen LogP contribution in [-0.2, 0) is 17.8 Å². The van der Waals surface area contributed by atoms with Crippen molar-refractivity contribution in [1.29, 1.82) is 0 Å². The first kappa shape index (κ1) is 14.8. The summed E-state index contributed by atoms with van der Waals surface area (Å²) in [6.07, 6.45) is 2.34. The van der Waals surface area contributed by atoms with Gasteiger partial charge < -0.3 is 9.47 Å². The van der Waals surface area contributed by atoms with Crippen molar-refractivity contribution < 1.29 is 14.3 Å². The normalized spacial score (nSPS) is 10.0. The second-order valence-electron chi connectivity index (χ2n) is 4.44. The Balaban J connectivity index is 1.89. The van der Waals surface area contributed by atoms with Gasteiger partial charge in [0, 0.05) is 11.9 Å². The predicted molar refractivity (Wildman–Crippen MR) is 80.4 cm³/mol. The summed E-state index contributed by atoms with van der Waals surface area (Å²) in [4.78, 5) is 15.4. The number of hydrogen-bond acceptors (Lipinski definition) is 4. The number of nitrogens with one attached hydrogen (secondary N) is 1. The summed E-state index contributed by atoms with van der Waals surface area (Å²) in [6.45, 7) is 2.50. The van der Waals surface area contributed by atoms with Gasteiger partial charge in [-0.05, 0) is 42.3 Å². The zero-order chi connectivity index (χ0) is 15.1. The third kappa shape index (κ3) is 4.49. The number of nitrogens with zero attached hydrogens (tertiary/aromatic N) is 1. The first-order valence-corrected chi connectivity index (χ1v) is 6.73. The minimum Gasteiger partial charge on any atom is -0.487 e. The zero-order valence-electron chi connectivity index (χ0n) is 12.1. The summed E-state index contributed by atoms with van der Waals surface area (Å²) in [7, 11) is 1.32. The van der Waals surface area contributed by atoms with Gasteiger partial charge in [-0.3, -0.25) is 10.3 Å². The number of rotatable bonds is 5. The molecule has 1 aromatic carbocycles. The monoisotopic (exact) mass is 286 g/mol. The van der Waals surface area contributed by atoms with Crippen LogP contribution in [0.4, 0.5) is 10.5 Å². The standard InChI is InChI=1S/C16H18N2O3/c1-3-12-4-5-14(17-10-12)11-21-15-8-6-13(7-9-15)18-16(19)20-2/h4-10H,3,11H2,1-2H3,(H,18,19). The molecule has 2 aromatic rings. The van der Waals surface area contributed by atoms with Gasteiger partial charge in [0.05, 0.1) is 12.8 Å². The van der Waals surface area contributed by atoms with E-state index < -0.39 is 6.09 Å². The van der Waals surface area contributed by atoms with Crippen molar-refractivity contribution in [3.8, 4) is 5.75 Å². The fourth-order valence-electron chi connectivity index (χ4n) is 1.71. The van der Waals surface area contributed by atoms with Gasteiger partial charge in [0.2, 0.25) is 0 Å². The van der Waals surface area contributed by atoms with Crippen LogP contribution in [0.5, 0.6) is 5.75 Å². The van der Waals surface area contributed by atoms with Crippen molar-refractivity contribution in [1.82, 2.24) is 4.98 Å². The minimum atomic E-state index is -0.496. The first-order valence-electron chi connectivity index (χ1n) is 6.73. The molecule has 0 bridgehead atoms. The second kappa shape index (κ2) is 7.28. The average Bonchev–Trinajstić information content (AvgIpc) is 2.54. The highest BCUT2D eigenvalue weighted by Crippen LogP contribution is 2.17. The lowest BCUT2D eigenvalue weighted by Crippen LogP contribution is -2.10. The molecule has 0 aliphatic rings. The van der Waals surface area contributed by atoms with E-state index in [2.05, 4.69) is 28.0 Å². The zero-order valence-corrected chi connectivity index (χ0v) is 12.1. The minimum absolute atomic E-state index is 0.410. The summed E-state index contributed by atoms with van der Waals surface area (Å²) < 4.78 is 10.2. The number of aromatic nitrogens is 1. The Hall–Kier alpha value is -2.56. The van der Waals surface area contributed by atoms with Crippen LogP contribution < -0.4 is 10.1 Å². The summed E-state index contributed by atoms with van der Waals surface area (Å²) in [5.41, 5.74) is 2.74. The Labute approximate surface area is 123 Å². The molecule has 5 heteroatoms. The van der Waals surface area contributed by atoms with E-state index >= 15 is 0 Å². The van der Waals surface area contributed by atoms with Crippen molar-refractivity contribution in [2.75, 3.05) is 12.4 Å². The number of methoxy groups -OCH3 is 1. The molecule has 5 nitrogen and oxygen atoms in total. The smallest absolute Gasteiger partial charge is 0.411 e. The highest BCUT2D eigenvalue weighted by atomic mass is 16.5. The number of benzene rings is 1. The summed E-state index contributed by atoms with van der Waals surface area (Å²) in [6, 6.07) is 11.1. The maximum atomic E-state index is 11.1. The molecule has 1 amide bonds. The molecular formula is C16H18N2O3. The summed E-state index contributed by atoms with van der Waals surface area (Å²) in [5.74, 6) is 0.715. The van der Waals surface area contributed by atoms with Crippen LogP contribution >= 0.6 is 0 Å². The number of pyridine rings is 1. The second-order valence-corrected chi connectivity index (χ2v) is 4.44. The van der Waals surface area contributed by atoms with Crippen LogP contribution in [0.15, 0.2) is 42.6 Å². The molecule has 1 aromatic heterocycles. The molecule has 0 radical (unpaired) electrons. The fraction of sp³-hybridized carbons (Fsp3) is 0.250. The molecule has 0 aliphatic carbocycles. The van der Waals surface area contributed by atoms with Gasteiger partial charge in [0.1, 0.15) is 12.4 Å². The first-order chi connectivity index (χ1) is 10.2. The molecule has 110 valence electrons. The van der Waals surface area contributed by atoms with Crippen molar-refractivity contribution in [2.45, 2.75) is 20.0 Å². The Morgan fingerprint density at radius 2 is 1.95 bits per heavy atom. The Kier molecular flexibility index (Phi) is 5.15. The van der Waals surface area contributed by atoms with Gasteiger partial charge in [-0.1, -0.05) is 13.0 Å². The molecule has 21 heavy (non-hydrogen) atoms. The maximum absolute atomic E-state index is 11.1. The van der Waals surface area contributed by atoms with Crippen molar-refractivity contribution >= 4 is 11.8 Å². The third-order valence-corrected chi connectivity index (χ3v) is 2.97. The van der Waals surface area contributed by atoms with Gasteiger partial charge in [-0.2, -0.15) is 0 Å². The van der Waals surface area contributed by atoms with Crippen LogP contribution in [0.2, 0.25) is 0 Å². The van der Waals surface area contributed by atoms with E-state index in [-0.39, 0.29) is 0 Å². The molecular weight excluding hydrogens is 268 g/mol. The lowest BCUT2D eigenvalue weighted by molar-refractivity contribution is 0.187. The molecule has 1 heterocycles. The molecule has 0 spiro atoms. The SMILES string of the molecule is CCc1ccc(COc2ccc(NC(=O)OC)cc2)nc1. The van der Waals surface area contributed by atoms with Crippen LogP contribution in [-0.4, -0.2) is 18.2 Å². The van der Waals surface area contributed by atoms with Gasteiger partial charge in [0.15, 0.2) is 0 Å². The van der Waals surface area contributed by atoms with Gasteiger partial charge in [-0.25, -0.2) is 4.79 Å². The van der Waals surface area contributed by atoms with Gasteiger partial charge in [0.25, 0.3) is 0 Å². The van der Waals surface area contributed by atoms with Crippen molar-refractivity contribution in [3.63, 3.8) is 0 Å². The number of carbonyl (C=O) groups excluding carboxylic acids is 1. The molecule has 1 N–H and O–H groups in total. The molecule has 0 fully saturated rings. The highest BCUT2D eigenvalue weighted by Gasteiger charge is 2.01. The van der Waals surface area contributed by atoms with E-state index in [1.165, 1.54) is 12.7 Å². The Morgan fingerprint density at radius 3 is 2.52 bits per heavy atom. The number of ether oxygens (including phenoxy) is 2. The van der Waals surface area contributed by atoms with E-state index in [0.29, 0.717) is 18.0 Å². The predicted octanol–water partition coefficient (Wildman–Crippen LogP) is 3.40. The van der Waals surface area contributed by atoms with E-state index in [1.54, 1.807) is 24.3 Å². The van der Waals surface area contributed by atoms with E-state index in [1.807, 2.05) is 12.3 Å². The average molecular weight is 286 g/mol. The Bertz CT molecular complexity index is 579. The maximum Gasteiger partial charge on any atom is 0.411 e. The highest BCUT2D eigenvalue weighted by molar-refractivity contribution is 5.84. The Morgan fingerprint density at radius 1 is 1.19 bits per heavy atom. The van der Waals surface area contributed by atoms with Crippen molar-refractivity contribution in [3.05, 3.63) is 53.9 Å². The molecule has 0 unspecified atom stereocenters. The molecule has 2 rings (SSSR count). The largest absolute Gasteiger partial charge is 0.487 e. The summed E-state index contributed by atoms with van der Waals surface area (Å²) in [5, 5.41) is 2.58. The molecule has 0 saturated carbocycles. The van der Waals surface area contributed by atoms with Crippen LogP contribution in [0, 0.1) is 0 Å². The molecule has 0 atom stereocenters. The number of carbonyl (C=O) groups is 1. The number of anilines is 1. The van der Waals surface area contributed by atoms with E-state index in [0.717, 1.165) is 12.1 Å². The van der Waals surface area contributed by atoms with Gasteiger partial charge in [-0.15, -0.1) is 0 Å². The number of aryl methyl sites for hydroxylation is 1. The molecule has 0 saturated heterocycles. The van der Waals surface area contributed by atoms with Gasteiger partial charge >= 0.3 is 6.09 Å². The van der Waals surface area contributed by atoms with Crippen LogP contribution in [0.3, 0.4) is 0 Å². The third-order valence-electron chi connectivity index (χ3n) is 2.97. The fourth-order valence-corrected chi connectivity index (χ4v) is 1.71. The topological polar surface area (TPSA) is 60.5 Å². The lowest BCUT2D eigenvalue weighted by atomic mass is 10.2. The quantitative estimate of drug-likeness (QED) is 0.915. The van der Waals surface area contributed by atoms with E-state index in [4.69, 9.17) is 4.74 Å².